The van der Waals surface area contributed by atoms with E-state index < -0.39 is 0 Å². The van der Waals surface area contributed by atoms with Crippen LogP contribution in [0.25, 0.3) is 0 Å². The Bertz CT molecular complexity index is 274. The first kappa shape index (κ1) is 9.65. The predicted molar refractivity (Wildman–Crippen MR) is 54.6 cm³/mol. The summed E-state index contributed by atoms with van der Waals surface area (Å²) in [6.07, 6.45) is 8.28. The van der Waals surface area contributed by atoms with Crippen molar-refractivity contribution in [2.75, 3.05) is 0 Å². The molecule has 1 aliphatic carbocycles. The van der Waals surface area contributed by atoms with Crippen LogP contribution in [0.15, 0.2) is 12.4 Å². The molecule has 1 heterocycles. The number of rotatable bonds is 4. The molecule has 0 atom stereocenters. The highest BCUT2D eigenvalue weighted by atomic mass is 15.4. The smallest absolute Gasteiger partial charge is 0.0692 e. The SMILES string of the molecule is CCC1(N)CC(CCn2ccnn2)C1. The first-order valence-electron chi connectivity index (χ1n) is 5.35. The summed E-state index contributed by atoms with van der Waals surface area (Å²) >= 11 is 0. The molecule has 1 aromatic heterocycles. The van der Waals surface area contributed by atoms with Crippen molar-refractivity contribution in [3.8, 4) is 0 Å². The van der Waals surface area contributed by atoms with E-state index in [0.29, 0.717) is 0 Å². The van der Waals surface area contributed by atoms with Gasteiger partial charge in [0.1, 0.15) is 0 Å². The van der Waals surface area contributed by atoms with Crippen molar-refractivity contribution < 1.29 is 0 Å². The second-order valence-electron chi connectivity index (χ2n) is 4.45. The highest BCUT2D eigenvalue weighted by Gasteiger charge is 2.38. The topological polar surface area (TPSA) is 56.7 Å². The number of hydrogen-bond donors (Lipinski definition) is 1. The highest BCUT2D eigenvalue weighted by molar-refractivity contribution is 4.96. The summed E-state index contributed by atoms with van der Waals surface area (Å²) in [5.41, 5.74) is 6.25. The standard InChI is InChI=1S/C10H18N4/c1-2-10(11)7-9(8-10)3-5-14-6-4-12-13-14/h4,6,9H,2-3,5,7-8,11H2,1H3. The Labute approximate surface area is 84.5 Å². The van der Waals surface area contributed by atoms with Gasteiger partial charge in [-0.3, -0.25) is 4.68 Å². The van der Waals surface area contributed by atoms with Gasteiger partial charge in [0.15, 0.2) is 0 Å². The lowest BCUT2D eigenvalue weighted by molar-refractivity contribution is 0.128. The lowest BCUT2D eigenvalue weighted by atomic mass is 9.66. The van der Waals surface area contributed by atoms with Crippen molar-refractivity contribution >= 4 is 0 Å². The third-order valence-corrected chi connectivity index (χ3v) is 3.33. The summed E-state index contributed by atoms with van der Waals surface area (Å²) in [5.74, 6) is 0.796. The molecule has 0 saturated heterocycles. The second-order valence-corrected chi connectivity index (χ2v) is 4.45. The first-order chi connectivity index (χ1) is 6.72. The molecule has 0 aromatic carbocycles. The second kappa shape index (κ2) is 3.69. The zero-order chi connectivity index (χ0) is 10.0. The lowest BCUT2D eigenvalue weighted by Gasteiger charge is -2.44. The van der Waals surface area contributed by atoms with Crippen LogP contribution in [0, 0.1) is 5.92 Å². The van der Waals surface area contributed by atoms with E-state index >= 15 is 0 Å². The minimum Gasteiger partial charge on any atom is -0.325 e. The van der Waals surface area contributed by atoms with E-state index in [0.717, 1.165) is 18.9 Å². The molecule has 78 valence electrons. The molecular formula is C10H18N4. The monoisotopic (exact) mass is 194 g/mol. The molecule has 0 aliphatic heterocycles. The maximum absolute atomic E-state index is 6.11. The van der Waals surface area contributed by atoms with E-state index in [4.69, 9.17) is 5.73 Å². The average Bonchev–Trinajstić information content (AvgIpc) is 2.63. The maximum atomic E-state index is 6.11. The fourth-order valence-corrected chi connectivity index (χ4v) is 2.25. The molecule has 1 aliphatic rings. The molecule has 0 bridgehead atoms. The average molecular weight is 194 g/mol. The maximum Gasteiger partial charge on any atom is 0.0692 e. The first-order valence-corrected chi connectivity index (χ1v) is 5.35. The predicted octanol–water partition coefficient (Wildman–Crippen LogP) is 1.19. The Kier molecular flexibility index (Phi) is 2.54. The Balaban J connectivity index is 1.70. The van der Waals surface area contributed by atoms with Gasteiger partial charge in [0.05, 0.1) is 6.20 Å². The van der Waals surface area contributed by atoms with Gasteiger partial charge in [-0.15, -0.1) is 5.10 Å². The Morgan fingerprint density at radius 2 is 2.36 bits per heavy atom. The van der Waals surface area contributed by atoms with Gasteiger partial charge in [0, 0.05) is 18.3 Å². The quantitative estimate of drug-likeness (QED) is 0.783. The molecule has 14 heavy (non-hydrogen) atoms. The van der Waals surface area contributed by atoms with Crippen molar-refractivity contribution in [3.05, 3.63) is 12.4 Å². The van der Waals surface area contributed by atoms with Crippen molar-refractivity contribution in [2.24, 2.45) is 11.7 Å². The fourth-order valence-electron chi connectivity index (χ4n) is 2.25. The van der Waals surface area contributed by atoms with Crippen LogP contribution in [0.5, 0.6) is 0 Å². The number of hydrogen-bond acceptors (Lipinski definition) is 3. The molecule has 0 radical (unpaired) electrons. The molecule has 2 rings (SSSR count). The van der Waals surface area contributed by atoms with Crippen LogP contribution in [0.3, 0.4) is 0 Å². The molecule has 2 N–H and O–H groups in total. The van der Waals surface area contributed by atoms with Crippen LogP contribution in [-0.2, 0) is 6.54 Å². The van der Waals surface area contributed by atoms with E-state index in [2.05, 4.69) is 17.2 Å². The highest BCUT2D eigenvalue weighted by Crippen LogP contribution is 2.40. The number of aryl methyl sites for hydroxylation is 1. The van der Waals surface area contributed by atoms with Gasteiger partial charge in [0.2, 0.25) is 0 Å². The number of nitrogens with two attached hydrogens (primary N) is 1. The molecule has 1 fully saturated rings. The van der Waals surface area contributed by atoms with Crippen LogP contribution >= 0.6 is 0 Å². The van der Waals surface area contributed by atoms with Crippen LogP contribution < -0.4 is 5.73 Å². The number of aromatic nitrogens is 3. The van der Waals surface area contributed by atoms with Gasteiger partial charge in [-0.2, -0.15) is 0 Å². The van der Waals surface area contributed by atoms with Gasteiger partial charge >= 0.3 is 0 Å². The van der Waals surface area contributed by atoms with Crippen LogP contribution in [0.4, 0.5) is 0 Å². The Hall–Kier alpha value is -0.900. The van der Waals surface area contributed by atoms with Gasteiger partial charge < -0.3 is 5.73 Å². The van der Waals surface area contributed by atoms with Crippen molar-refractivity contribution in [1.29, 1.82) is 0 Å². The summed E-state index contributed by atoms with van der Waals surface area (Å²) in [4.78, 5) is 0. The summed E-state index contributed by atoms with van der Waals surface area (Å²) in [5, 5.41) is 7.72. The Morgan fingerprint density at radius 1 is 1.57 bits per heavy atom. The third kappa shape index (κ3) is 1.95. The van der Waals surface area contributed by atoms with E-state index in [1.165, 1.54) is 19.3 Å². The van der Waals surface area contributed by atoms with Gasteiger partial charge in [-0.1, -0.05) is 12.1 Å². The zero-order valence-electron chi connectivity index (χ0n) is 8.69. The molecule has 4 heteroatoms. The van der Waals surface area contributed by atoms with Crippen molar-refractivity contribution in [3.63, 3.8) is 0 Å². The largest absolute Gasteiger partial charge is 0.325 e. The van der Waals surface area contributed by atoms with E-state index in [-0.39, 0.29) is 5.54 Å². The number of nitrogens with zero attached hydrogens (tertiary/aromatic N) is 3. The van der Waals surface area contributed by atoms with Crippen LogP contribution in [-0.4, -0.2) is 20.5 Å². The Morgan fingerprint density at radius 3 is 2.93 bits per heavy atom. The van der Waals surface area contributed by atoms with Crippen LogP contribution in [0.2, 0.25) is 0 Å². The van der Waals surface area contributed by atoms with Crippen LogP contribution in [0.1, 0.15) is 32.6 Å². The normalized spacial score (nSPS) is 31.4. The van der Waals surface area contributed by atoms with Gasteiger partial charge in [-0.25, -0.2) is 0 Å². The van der Waals surface area contributed by atoms with Gasteiger partial charge in [0.25, 0.3) is 0 Å². The minimum absolute atomic E-state index is 0.146. The summed E-state index contributed by atoms with van der Waals surface area (Å²) < 4.78 is 1.89. The molecular weight excluding hydrogens is 176 g/mol. The molecule has 1 saturated carbocycles. The third-order valence-electron chi connectivity index (χ3n) is 3.33. The van der Waals surface area contributed by atoms with Gasteiger partial charge in [-0.05, 0) is 31.6 Å². The fraction of sp³-hybridized carbons (Fsp3) is 0.800. The van der Waals surface area contributed by atoms with E-state index in [9.17, 15) is 0 Å². The molecule has 0 unspecified atom stereocenters. The zero-order valence-corrected chi connectivity index (χ0v) is 8.69. The molecule has 1 aromatic rings. The molecule has 0 amide bonds. The van der Waals surface area contributed by atoms with Crippen molar-refractivity contribution in [1.82, 2.24) is 15.0 Å². The summed E-state index contributed by atoms with van der Waals surface area (Å²) in [6.45, 7) is 3.15. The molecule has 0 spiro atoms. The summed E-state index contributed by atoms with van der Waals surface area (Å²) in [6, 6.07) is 0. The van der Waals surface area contributed by atoms with E-state index in [1.54, 1.807) is 6.20 Å². The van der Waals surface area contributed by atoms with Crippen molar-refractivity contribution in [2.45, 2.75) is 44.7 Å². The lowest BCUT2D eigenvalue weighted by Crippen LogP contribution is -2.51. The van der Waals surface area contributed by atoms with E-state index in [1.807, 2.05) is 10.9 Å². The molecule has 4 nitrogen and oxygen atoms in total. The minimum atomic E-state index is 0.146. The summed E-state index contributed by atoms with van der Waals surface area (Å²) in [7, 11) is 0.